The summed E-state index contributed by atoms with van der Waals surface area (Å²) in [6.45, 7) is 13.2. The minimum absolute atomic E-state index is 0.0488. The first-order valence-corrected chi connectivity index (χ1v) is 18.7. The van der Waals surface area contributed by atoms with Crippen molar-refractivity contribution in [1.29, 1.82) is 5.26 Å². The van der Waals surface area contributed by atoms with Crippen LogP contribution in [0.2, 0.25) is 5.04 Å². The number of rotatable bonds is 13. The molecule has 2 saturated heterocycles. The number of azide groups is 1. The van der Waals surface area contributed by atoms with E-state index in [0.29, 0.717) is 0 Å². The van der Waals surface area contributed by atoms with Gasteiger partial charge in [-0.15, -0.1) is 0 Å². The van der Waals surface area contributed by atoms with Crippen molar-refractivity contribution in [2.75, 3.05) is 41.0 Å². The second-order valence-corrected chi connectivity index (χ2v) is 19.3. The first-order chi connectivity index (χ1) is 23.7. The van der Waals surface area contributed by atoms with Crippen LogP contribution in [0.15, 0.2) is 65.8 Å². The van der Waals surface area contributed by atoms with E-state index in [2.05, 4.69) is 61.1 Å². The van der Waals surface area contributed by atoms with Crippen LogP contribution >= 0.6 is 0 Å². The van der Waals surface area contributed by atoms with E-state index in [1.807, 2.05) is 50.2 Å². The van der Waals surface area contributed by atoms with E-state index in [1.165, 1.54) is 14.2 Å². The maximum absolute atomic E-state index is 10.8. The Morgan fingerprint density at radius 2 is 1.52 bits per heavy atom. The summed E-state index contributed by atoms with van der Waals surface area (Å²) < 4.78 is 57.3. The highest BCUT2D eigenvalue weighted by molar-refractivity contribution is 6.99. The molecule has 1 aliphatic carbocycles. The minimum atomic E-state index is -3.21. The van der Waals surface area contributed by atoms with Crippen LogP contribution in [0.3, 0.4) is 0 Å². The molecular weight excluding hydrogens is 661 g/mol. The summed E-state index contributed by atoms with van der Waals surface area (Å²) >= 11 is 0. The van der Waals surface area contributed by atoms with Gasteiger partial charge in [-0.3, -0.25) is 0 Å². The van der Waals surface area contributed by atoms with Gasteiger partial charge in [-0.05, 0) is 48.6 Å². The molecule has 3 fully saturated rings. The largest absolute Gasteiger partial charge is 0.407 e. The van der Waals surface area contributed by atoms with Crippen LogP contribution in [0.1, 0.15) is 48.5 Å². The molecule has 5 rings (SSSR count). The van der Waals surface area contributed by atoms with Crippen LogP contribution < -0.4 is 10.4 Å². The van der Waals surface area contributed by atoms with Crippen molar-refractivity contribution in [2.45, 2.75) is 101 Å². The Kier molecular flexibility index (Phi) is 11.2. The highest BCUT2D eigenvalue weighted by atomic mass is 28.4. The predicted octanol–water partition coefficient (Wildman–Crippen LogP) is 4.79. The SMILES string of the molecule is COCO[C@@H]1[C@H](CO[Si](c2ccccc2)(c2ccccc2)C(C)(C)C)[C@](N=[N+]=[N-])([C@@H](C#N)OCOC)[C@@H]2OC(C)(C)O[C@@H]2[C@]12COC(C)(C)O2. The lowest BCUT2D eigenvalue weighted by molar-refractivity contribution is -0.284. The third-order valence-corrected chi connectivity index (χ3v) is 14.9. The Morgan fingerprint density at radius 3 is 2.00 bits per heavy atom. The Labute approximate surface area is 295 Å². The number of hydrogen-bond acceptors (Lipinski definition) is 11. The standard InChI is InChI=1S/C36H50N4O9Si/c1-32(2,3)50(25-16-12-10-13-17-25,26-18-14-11-15-19-26)46-21-27-29(44-24-42-9)35(22-45-33(4,5)49-35)30-31(48-34(6,7)47-30)36(27,39-40-38)28(20-37)43-23-41-8/h10-19,27-31H,21-24H2,1-9H3/t27-,28+,29+,30-,31+,35-,36-/m0/s1. The number of fused-ring (bicyclic) bond motifs is 2. The number of hydrogen-bond donors (Lipinski definition) is 0. The van der Waals surface area contributed by atoms with Gasteiger partial charge in [0.25, 0.3) is 8.32 Å². The van der Waals surface area contributed by atoms with Gasteiger partial charge in [0.1, 0.15) is 37.4 Å². The zero-order chi connectivity index (χ0) is 36.4. The highest BCUT2D eigenvalue weighted by Crippen LogP contribution is 2.57. The Balaban J connectivity index is 1.80. The van der Waals surface area contributed by atoms with Gasteiger partial charge in [-0.1, -0.05) is 86.5 Å². The van der Waals surface area contributed by atoms with Crippen molar-refractivity contribution in [3.8, 4) is 6.07 Å². The maximum Gasteiger partial charge on any atom is 0.261 e. The third kappa shape index (κ3) is 6.62. The van der Waals surface area contributed by atoms with Crippen LogP contribution in [-0.2, 0) is 42.3 Å². The normalized spacial score (nSPS) is 30.7. The zero-order valence-electron chi connectivity index (χ0n) is 30.5. The first-order valence-electron chi connectivity index (χ1n) is 16.8. The molecule has 2 aromatic carbocycles. The van der Waals surface area contributed by atoms with Crippen molar-refractivity contribution < 1.29 is 42.3 Å². The molecule has 0 N–H and O–H groups in total. The van der Waals surface area contributed by atoms with Crippen molar-refractivity contribution in [3.05, 3.63) is 71.1 Å². The summed E-state index contributed by atoms with van der Waals surface area (Å²) in [6, 6.07) is 22.6. The molecule has 7 atom stereocenters. The molecule has 1 saturated carbocycles. The fraction of sp³-hybridized carbons (Fsp3) is 0.639. The van der Waals surface area contributed by atoms with Crippen molar-refractivity contribution in [1.82, 2.24) is 0 Å². The number of methoxy groups -OCH3 is 2. The maximum atomic E-state index is 10.8. The van der Waals surface area contributed by atoms with Crippen molar-refractivity contribution in [3.63, 3.8) is 0 Å². The molecule has 0 aromatic heterocycles. The third-order valence-electron chi connectivity index (χ3n) is 9.93. The summed E-state index contributed by atoms with van der Waals surface area (Å²) in [7, 11) is -0.241. The van der Waals surface area contributed by atoms with E-state index in [-0.39, 0.29) is 26.8 Å². The van der Waals surface area contributed by atoms with Crippen molar-refractivity contribution >= 4 is 18.7 Å². The number of benzene rings is 2. The van der Waals surface area contributed by atoms with E-state index in [1.54, 1.807) is 13.8 Å². The molecular formula is C36H50N4O9Si. The summed E-state index contributed by atoms with van der Waals surface area (Å²) in [6.07, 6.45) is -4.37. The zero-order valence-corrected chi connectivity index (χ0v) is 31.5. The molecule has 1 spiro atoms. The van der Waals surface area contributed by atoms with Gasteiger partial charge in [-0.25, -0.2) is 0 Å². The molecule has 2 heterocycles. The Bertz CT molecular complexity index is 1510. The second kappa shape index (κ2) is 14.6. The molecule has 2 aliphatic heterocycles. The lowest BCUT2D eigenvalue weighted by Crippen LogP contribution is -2.78. The van der Waals surface area contributed by atoms with Crippen LogP contribution in [0.5, 0.6) is 0 Å². The molecule has 272 valence electrons. The topological polar surface area (TPSA) is 156 Å². The van der Waals surface area contributed by atoms with Gasteiger partial charge in [0, 0.05) is 31.7 Å². The average molecular weight is 711 g/mol. The highest BCUT2D eigenvalue weighted by Gasteiger charge is 2.76. The fourth-order valence-corrected chi connectivity index (χ4v) is 12.7. The van der Waals surface area contributed by atoms with E-state index >= 15 is 0 Å². The lowest BCUT2D eigenvalue weighted by atomic mass is 9.60. The van der Waals surface area contributed by atoms with Crippen LogP contribution in [0.25, 0.3) is 10.4 Å². The molecule has 14 heteroatoms. The van der Waals surface area contributed by atoms with Crippen molar-refractivity contribution in [2.24, 2.45) is 11.0 Å². The number of nitriles is 1. The van der Waals surface area contributed by atoms with Crippen LogP contribution in [-0.4, -0.2) is 96.5 Å². The molecule has 0 bridgehead atoms. The van der Waals surface area contributed by atoms with E-state index in [4.69, 9.17) is 42.3 Å². The van der Waals surface area contributed by atoms with E-state index < -0.39 is 66.4 Å². The van der Waals surface area contributed by atoms with Gasteiger partial charge in [0.2, 0.25) is 0 Å². The summed E-state index contributed by atoms with van der Waals surface area (Å²) in [5, 5.41) is 17.0. The minimum Gasteiger partial charge on any atom is -0.407 e. The predicted molar refractivity (Wildman–Crippen MR) is 186 cm³/mol. The number of nitrogens with zero attached hydrogens (tertiary/aromatic N) is 4. The van der Waals surface area contributed by atoms with Gasteiger partial charge < -0.3 is 42.3 Å². The average Bonchev–Trinajstić information content (AvgIpc) is 3.59. The molecule has 0 unspecified atom stereocenters. The molecule has 3 aliphatic rings. The van der Waals surface area contributed by atoms with Crippen LogP contribution in [0, 0.1) is 17.2 Å². The molecule has 13 nitrogen and oxygen atoms in total. The summed E-state index contributed by atoms with van der Waals surface area (Å²) in [5.41, 5.74) is 7.25. The Morgan fingerprint density at radius 1 is 0.940 bits per heavy atom. The lowest BCUT2D eigenvalue weighted by Gasteiger charge is -2.57. The quantitative estimate of drug-likeness (QED) is 0.0932. The van der Waals surface area contributed by atoms with Crippen LogP contribution in [0.4, 0.5) is 0 Å². The first kappa shape index (κ1) is 38.3. The van der Waals surface area contributed by atoms with Gasteiger partial charge in [0.15, 0.2) is 23.3 Å². The summed E-state index contributed by atoms with van der Waals surface area (Å²) in [5.74, 6) is -3.17. The van der Waals surface area contributed by atoms with Gasteiger partial charge in [0.05, 0.1) is 12.7 Å². The monoisotopic (exact) mass is 710 g/mol. The van der Waals surface area contributed by atoms with Gasteiger partial charge in [-0.2, -0.15) is 5.26 Å². The molecule has 2 aromatic rings. The Hall–Kier alpha value is -2.90. The molecule has 0 radical (unpaired) electrons. The molecule has 0 amide bonds. The number of ether oxygens (including phenoxy) is 8. The second-order valence-electron chi connectivity index (χ2n) is 15.0. The summed E-state index contributed by atoms with van der Waals surface area (Å²) in [4.78, 5) is 3.35. The van der Waals surface area contributed by atoms with E-state index in [9.17, 15) is 10.8 Å². The molecule has 50 heavy (non-hydrogen) atoms. The van der Waals surface area contributed by atoms with E-state index in [0.717, 1.165) is 10.4 Å². The smallest absolute Gasteiger partial charge is 0.261 e. The fourth-order valence-electron chi connectivity index (χ4n) is 8.11. The van der Waals surface area contributed by atoms with Gasteiger partial charge >= 0.3 is 0 Å².